The number of carboxylic acids is 1. The molecule has 4 heteroatoms. The lowest BCUT2D eigenvalue weighted by Crippen LogP contribution is -2.59. The Labute approximate surface area is 111 Å². The van der Waals surface area contributed by atoms with Gasteiger partial charge in [-0.2, -0.15) is 0 Å². The van der Waals surface area contributed by atoms with Crippen molar-refractivity contribution in [1.29, 1.82) is 0 Å². The molecule has 2 unspecified atom stereocenters. The van der Waals surface area contributed by atoms with Gasteiger partial charge in [-0.15, -0.1) is 0 Å². The van der Waals surface area contributed by atoms with Crippen molar-refractivity contribution in [2.45, 2.75) is 64.5 Å². The van der Waals surface area contributed by atoms with E-state index in [-0.39, 0.29) is 0 Å². The second-order valence-electron chi connectivity index (χ2n) is 5.59. The molecule has 0 spiro atoms. The van der Waals surface area contributed by atoms with Gasteiger partial charge < -0.3 is 10.4 Å². The van der Waals surface area contributed by atoms with Crippen LogP contribution in [0.25, 0.3) is 0 Å². The van der Waals surface area contributed by atoms with Crippen LogP contribution in [-0.2, 0) is 4.79 Å². The molecular weight excluding hydrogens is 228 g/mol. The van der Waals surface area contributed by atoms with Crippen molar-refractivity contribution in [3.8, 4) is 0 Å². The molecule has 1 heterocycles. The summed E-state index contributed by atoms with van der Waals surface area (Å²) in [6, 6.07) is 0.556. The van der Waals surface area contributed by atoms with Crippen molar-refractivity contribution in [2.75, 3.05) is 19.6 Å². The van der Waals surface area contributed by atoms with Crippen LogP contribution in [0.5, 0.6) is 0 Å². The predicted molar refractivity (Wildman–Crippen MR) is 73.8 cm³/mol. The number of likely N-dealkylation sites (tertiary alicyclic amines) is 1. The molecule has 4 nitrogen and oxygen atoms in total. The van der Waals surface area contributed by atoms with Crippen molar-refractivity contribution >= 4 is 5.97 Å². The van der Waals surface area contributed by atoms with Gasteiger partial charge >= 0.3 is 5.97 Å². The predicted octanol–water partition coefficient (Wildman–Crippen LogP) is 2.09. The van der Waals surface area contributed by atoms with E-state index < -0.39 is 11.5 Å². The summed E-state index contributed by atoms with van der Waals surface area (Å²) in [7, 11) is 0. The molecule has 1 aliphatic heterocycles. The van der Waals surface area contributed by atoms with Gasteiger partial charge in [0.25, 0.3) is 0 Å². The number of hydrogen-bond donors (Lipinski definition) is 2. The molecule has 1 fully saturated rings. The largest absolute Gasteiger partial charge is 0.480 e. The maximum Gasteiger partial charge on any atom is 0.324 e. The zero-order valence-electron chi connectivity index (χ0n) is 12.0. The van der Waals surface area contributed by atoms with E-state index in [1.54, 1.807) is 0 Å². The first-order chi connectivity index (χ1) is 8.53. The van der Waals surface area contributed by atoms with Gasteiger partial charge in [0.2, 0.25) is 0 Å². The highest BCUT2D eigenvalue weighted by Crippen LogP contribution is 2.22. The molecule has 0 bridgehead atoms. The molecular formula is C14H28N2O2. The number of rotatable bonds is 7. The minimum atomic E-state index is -0.819. The third-order valence-corrected chi connectivity index (χ3v) is 3.98. The smallest absolute Gasteiger partial charge is 0.324 e. The fraction of sp³-hybridized carbons (Fsp3) is 0.929. The standard InChI is InChI=1S/C14H28N2O2/c1-4-9-15-14(3,13(17)18)11-16-10-7-6-8-12(16)5-2/h12,15H,4-11H2,1-3H3,(H,17,18). The molecule has 0 aromatic heterocycles. The van der Waals surface area contributed by atoms with Crippen LogP contribution in [0.2, 0.25) is 0 Å². The van der Waals surface area contributed by atoms with Crippen LogP contribution in [0.15, 0.2) is 0 Å². The van der Waals surface area contributed by atoms with Crippen molar-refractivity contribution in [2.24, 2.45) is 0 Å². The number of nitrogens with one attached hydrogen (secondary N) is 1. The lowest BCUT2D eigenvalue weighted by atomic mass is 9.95. The normalized spacial score (nSPS) is 24.7. The maximum atomic E-state index is 11.5. The number of carboxylic acid groups (broad SMARTS) is 1. The van der Waals surface area contributed by atoms with Crippen LogP contribution in [0, 0.1) is 0 Å². The van der Waals surface area contributed by atoms with E-state index in [2.05, 4.69) is 24.1 Å². The van der Waals surface area contributed by atoms with Crippen molar-refractivity contribution in [3.05, 3.63) is 0 Å². The first-order valence-electron chi connectivity index (χ1n) is 7.26. The zero-order valence-corrected chi connectivity index (χ0v) is 12.0. The highest BCUT2D eigenvalue weighted by molar-refractivity contribution is 5.78. The summed E-state index contributed by atoms with van der Waals surface area (Å²) in [6.45, 7) is 8.47. The van der Waals surface area contributed by atoms with Crippen molar-refractivity contribution < 1.29 is 9.90 Å². The van der Waals surface area contributed by atoms with Gasteiger partial charge in [0, 0.05) is 12.6 Å². The minimum absolute atomic E-state index is 0.556. The summed E-state index contributed by atoms with van der Waals surface area (Å²) in [6.07, 6.45) is 5.75. The third kappa shape index (κ3) is 3.95. The summed E-state index contributed by atoms with van der Waals surface area (Å²) in [5, 5.41) is 12.7. The fourth-order valence-electron chi connectivity index (χ4n) is 2.74. The SMILES string of the molecule is CCCNC(C)(CN1CCCCC1CC)C(=O)O. The van der Waals surface area contributed by atoms with Gasteiger partial charge in [-0.25, -0.2) is 0 Å². The van der Waals surface area contributed by atoms with Crippen LogP contribution in [-0.4, -0.2) is 47.2 Å². The summed E-state index contributed by atoms with van der Waals surface area (Å²) < 4.78 is 0. The Bertz CT molecular complexity index is 271. The summed E-state index contributed by atoms with van der Waals surface area (Å²) in [4.78, 5) is 13.9. The molecule has 0 aromatic rings. The molecule has 2 N–H and O–H groups in total. The van der Waals surface area contributed by atoms with Crippen LogP contribution in [0.4, 0.5) is 0 Å². The molecule has 0 saturated carbocycles. The maximum absolute atomic E-state index is 11.5. The van der Waals surface area contributed by atoms with Crippen LogP contribution < -0.4 is 5.32 Å². The lowest BCUT2D eigenvalue weighted by Gasteiger charge is -2.40. The van der Waals surface area contributed by atoms with Crippen molar-refractivity contribution in [3.63, 3.8) is 0 Å². The van der Waals surface area contributed by atoms with E-state index >= 15 is 0 Å². The first kappa shape index (κ1) is 15.4. The molecule has 2 atom stereocenters. The van der Waals surface area contributed by atoms with Gasteiger partial charge in [-0.1, -0.05) is 20.3 Å². The molecule has 1 saturated heterocycles. The Balaban J connectivity index is 2.66. The van der Waals surface area contributed by atoms with Gasteiger partial charge in [-0.05, 0) is 45.7 Å². The minimum Gasteiger partial charge on any atom is -0.480 e. The molecule has 1 rings (SSSR count). The van der Waals surface area contributed by atoms with Gasteiger partial charge in [-0.3, -0.25) is 9.69 Å². The molecule has 0 amide bonds. The molecule has 1 aliphatic rings. The Kier molecular flexibility index (Phi) is 6.09. The molecule has 0 aromatic carbocycles. The average molecular weight is 256 g/mol. The van der Waals surface area contributed by atoms with Crippen LogP contribution >= 0.6 is 0 Å². The zero-order chi connectivity index (χ0) is 13.6. The van der Waals surface area contributed by atoms with Crippen LogP contribution in [0.1, 0.15) is 52.9 Å². The molecule has 0 radical (unpaired) electrons. The van der Waals surface area contributed by atoms with Gasteiger partial charge in [0.15, 0.2) is 0 Å². The summed E-state index contributed by atoms with van der Waals surface area (Å²) in [5.74, 6) is -0.739. The van der Waals surface area contributed by atoms with E-state index in [0.29, 0.717) is 12.6 Å². The Morgan fingerprint density at radius 2 is 2.17 bits per heavy atom. The Morgan fingerprint density at radius 1 is 1.44 bits per heavy atom. The second kappa shape index (κ2) is 7.10. The number of aliphatic carboxylic acids is 1. The lowest BCUT2D eigenvalue weighted by molar-refractivity contribution is -0.145. The van der Waals surface area contributed by atoms with E-state index in [1.165, 1.54) is 19.3 Å². The molecule has 0 aliphatic carbocycles. The average Bonchev–Trinajstić information content (AvgIpc) is 2.37. The Morgan fingerprint density at radius 3 is 2.72 bits per heavy atom. The van der Waals surface area contributed by atoms with Crippen LogP contribution in [0.3, 0.4) is 0 Å². The molecule has 18 heavy (non-hydrogen) atoms. The summed E-state index contributed by atoms with van der Waals surface area (Å²) in [5.41, 5.74) is -0.819. The number of nitrogens with zero attached hydrogens (tertiary/aromatic N) is 1. The summed E-state index contributed by atoms with van der Waals surface area (Å²) >= 11 is 0. The highest BCUT2D eigenvalue weighted by Gasteiger charge is 2.36. The number of carbonyl (C=O) groups is 1. The topological polar surface area (TPSA) is 52.6 Å². The highest BCUT2D eigenvalue weighted by atomic mass is 16.4. The molecule has 106 valence electrons. The second-order valence-corrected chi connectivity index (χ2v) is 5.59. The van der Waals surface area contributed by atoms with Crippen molar-refractivity contribution in [1.82, 2.24) is 10.2 Å². The Hall–Kier alpha value is -0.610. The number of hydrogen-bond acceptors (Lipinski definition) is 3. The van der Waals surface area contributed by atoms with E-state index in [0.717, 1.165) is 25.9 Å². The van der Waals surface area contributed by atoms with E-state index in [9.17, 15) is 9.90 Å². The van der Waals surface area contributed by atoms with Gasteiger partial charge in [0.05, 0.1) is 0 Å². The van der Waals surface area contributed by atoms with E-state index in [4.69, 9.17) is 0 Å². The van der Waals surface area contributed by atoms with Gasteiger partial charge in [0.1, 0.15) is 5.54 Å². The first-order valence-corrected chi connectivity index (χ1v) is 7.26. The third-order valence-electron chi connectivity index (χ3n) is 3.98. The van der Waals surface area contributed by atoms with E-state index in [1.807, 2.05) is 6.92 Å². The monoisotopic (exact) mass is 256 g/mol. The fourth-order valence-corrected chi connectivity index (χ4v) is 2.74. The quantitative estimate of drug-likeness (QED) is 0.732. The number of piperidine rings is 1.